The van der Waals surface area contributed by atoms with Crippen molar-refractivity contribution >= 4 is 0 Å². The Morgan fingerprint density at radius 1 is 0.879 bits per heavy atom. The van der Waals surface area contributed by atoms with E-state index in [4.69, 9.17) is 5.11 Å². The lowest BCUT2D eigenvalue weighted by molar-refractivity contribution is -0.0962. The summed E-state index contributed by atoms with van der Waals surface area (Å²) in [5.41, 5.74) is 4.62. The topological polar surface area (TPSA) is 60.7 Å². The average molecular weight is 461 g/mol. The van der Waals surface area contributed by atoms with E-state index in [0.717, 1.165) is 31.6 Å². The number of allylic oxidation sites excluding steroid dienone is 2. The summed E-state index contributed by atoms with van der Waals surface area (Å²) >= 11 is 0. The van der Waals surface area contributed by atoms with Crippen molar-refractivity contribution in [1.29, 1.82) is 0 Å². The van der Waals surface area contributed by atoms with Crippen molar-refractivity contribution in [1.82, 2.24) is 0 Å². The molecule has 0 saturated heterocycles. The summed E-state index contributed by atoms with van der Waals surface area (Å²) in [6.07, 6.45) is 12.9. The summed E-state index contributed by atoms with van der Waals surface area (Å²) in [6, 6.07) is 0. The molecule has 8 atom stereocenters. The van der Waals surface area contributed by atoms with E-state index in [0.29, 0.717) is 29.1 Å². The molecule has 0 bridgehead atoms. The second kappa shape index (κ2) is 8.93. The molecule has 0 aliphatic heterocycles. The maximum atomic E-state index is 10.8. The third kappa shape index (κ3) is 3.87. The Bertz CT molecular complexity index is 756. The molecule has 4 aliphatic rings. The molecule has 3 N–H and O–H groups in total. The second-order valence-electron chi connectivity index (χ2n) is 13.8. The Morgan fingerprint density at radius 3 is 2.30 bits per heavy atom. The van der Waals surface area contributed by atoms with Crippen LogP contribution >= 0.6 is 0 Å². The predicted octanol–water partition coefficient (Wildman–Crippen LogP) is 6.65. The summed E-state index contributed by atoms with van der Waals surface area (Å²) in [5.74, 6) is 2.06. The molecule has 0 aromatic rings. The fourth-order valence-corrected chi connectivity index (χ4v) is 9.80. The van der Waals surface area contributed by atoms with Crippen LogP contribution in [0.2, 0.25) is 0 Å². The minimum Gasteiger partial charge on any atom is -0.396 e. The fraction of sp³-hybridized carbons (Fsp3) is 0.933. The zero-order chi connectivity index (χ0) is 24.2. The molecule has 0 spiro atoms. The van der Waals surface area contributed by atoms with Gasteiger partial charge in [0.1, 0.15) is 0 Å². The van der Waals surface area contributed by atoms with Crippen molar-refractivity contribution in [2.75, 3.05) is 6.61 Å². The number of aliphatic hydroxyl groups excluding tert-OH is 3. The molecular weight excluding hydrogens is 408 g/mol. The SMILES string of the molecule is C[C@H](CCCC(O)CCO)[C@H]1CC[C@@]2(C)C3=C(CC[C@]12C)[C@@]1(C)CC[C@H](O)C(C)(C)[C@@H]1CC3. The van der Waals surface area contributed by atoms with Gasteiger partial charge in [0.2, 0.25) is 0 Å². The number of rotatable bonds is 7. The first-order chi connectivity index (χ1) is 15.4. The maximum Gasteiger partial charge on any atom is 0.0594 e. The Kier molecular flexibility index (Phi) is 6.96. The summed E-state index contributed by atoms with van der Waals surface area (Å²) < 4.78 is 0. The summed E-state index contributed by atoms with van der Waals surface area (Å²) in [6.45, 7) is 15.0. The third-order valence-corrected chi connectivity index (χ3v) is 12.1. The van der Waals surface area contributed by atoms with Crippen LogP contribution in [0, 0.1) is 39.4 Å². The Balaban J connectivity index is 1.55. The summed E-state index contributed by atoms with van der Waals surface area (Å²) in [5, 5.41) is 29.9. The molecule has 0 aromatic heterocycles. The van der Waals surface area contributed by atoms with Crippen LogP contribution in [-0.2, 0) is 0 Å². The predicted molar refractivity (Wildman–Crippen MR) is 136 cm³/mol. The van der Waals surface area contributed by atoms with E-state index < -0.39 is 0 Å². The van der Waals surface area contributed by atoms with E-state index in [2.05, 4.69) is 41.5 Å². The average Bonchev–Trinajstić information content (AvgIpc) is 3.03. The minimum absolute atomic E-state index is 0.0144. The molecule has 2 fully saturated rings. The molecule has 1 unspecified atom stereocenters. The lowest BCUT2D eigenvalue weighted by Crippen LogP contribution is -2.55. The van der Waals surface area contributed by atoms with E-state index in [1.165, 1.54) is 44.9 Å². The highest BCUT2D eigenvalue weighted by Crippen LogP contribution is 2.72. The summed E-state index contributed by atoms with van der Waals surface area (Å²) in [4.78, 5) is 0. The molecule has 0 heterocycles. The van der Waals surface area contributed by atoms with Gasteiger partial charge >= 0.3 is 0 Å². The van der Waals surface area contributed by atoms with Gasteiger partial charge in [-0.15, -0.1) is 0 Å². The van der Waals surface area contributed by atoms with Crippen molar-refractivity contribution in [2.24, 2.45) is 39.4 Å². The molecule has 190 valence electrons. The van der Waals surface area contributed by atoms with E-state index in [9.17, 15) is 10.2 Å². The Labute approximate surface area is 203 Å². The third-order valence-electron chi connectivity index (χ3n) is 12.1. The highest BCUT2D eigenvalue weighted by Gasteiger charge is 2.63. The first kappa shape index (κ1) is 25.7. The van der Waals surface area contributed by atoms with Gasteiger partial charge in [-0.3, -0.25) is 0 Å². The first-order valence-electron chi connectivity index (χ1n) is 14.1. The lowest BCUT2D eigenvalue weighted by Gasteiger charge is -2.62. The van der Waals surface area contributed by atoms with Gasteiger partial charge in [-0.05, 0) is 104 Å². The monoisotopic (exact) mass is 460 g/mol. The molecule has 4 rings (SSSR count). The molecule has 3 heteroatoms. The number of aliphatic hydroxyl groups is 3. The van der Waals surface area contributed by atoms with Crippen LogP contribution in [0.1, 0.15) is 119 Å². The molecule has 33 heavy (non-hydrogen) atoms. The minimum atomic E-state index is -0.344. The molecule has 0 radical (unpaired) electrons. The van der Waals surface area contributed by atoms with Crippen molar-refractivity contribution in [2.45, 2.75) is 131 Å². The van der Waals surface area contributed by atoms with Crippen molar-refractivity contribution in [3.05, 3.63) is 11.1 Å². The number of fused-ring (bicyclic) bond motifs is 4. The summed E-state index contributed by atoms with van der Waals surface area (Å²) in [7, 11) is 0. The van der Waals surface area contributed by atoms with Crippen LogP contribution in [-0.4, -0.2) is 34.1 Å². The van der Waals surface area contributed by atoms with Gasteiger partial charge < -0.3 is 15.3 Å². The van der Waals surface area contributed by atoms with Crippen LogP contribution < -0.4 is 0 Å². The maximum absolute atomic E-state index is 10.8. The van der Waals surface area contributed by atoms with Gasteiger partial charge in [0.25, 0.3) is 0 Å². The number of hydrogen-bond acceptors (Lipinski definition) is 3. The van der Waals surface area contributed by atoms with Crippen LogP contribution in [0.4, 0.5) is 0 Å². The first-order valence-corrected chi connectivity index (χ1v) is 14.1. The van der Waals surface area contributed by atoms with Gasteiger partial charge in [0.15, 0.2) is 0 Å². The molecule has 0 aromatic carbocycles. The largest absolute Gasteiger partial charge is 0.396 e. The van der Waals surface area contributed by atoms with E-state index in [-0.39, 0.29) is 29.6 Å². The Hall–Kier alpha value is -0.380. The smallest absolute Gasteiger partial charge is 0.0594 e. The van der Waals surface area contributed by atoms with E-state index in [1.807, 2.05) is 5.57 Å². The van der Waals surface area contributed by atoms with Gasteiger partial charge in [0, 0.05) is 6.61 Å². The van der Waals surface area contributed by atoms with Crippen LogP contribution in [0.5, 0.6) is 0 Å². The van der Waals surface area contributed by atoms with Crippen LogP contribution in [0.3, 0.4) is 0 Å². The van der Waals surface area contributed by atoms with E-state index >= 15 is 0 Å². The van der Waals surface area contributed by atoms with Crippen molar-refractivity contribution in [3.63, 3.8) is 0 Å². The van der Waals surface area contributed by atoms with Gasteiger partial charge in [-0.25, -0.2) is 0 Å². The normalized spacial score (nSPS) is 44.1. The lowest BCUT2D eigenvalue weighted by atomic mass is 9.43. The van der Waals surface area contributed by atoms with Gasteiger partial charge in [-0.2, -0.15) is 0 Å². The van der Waals surface area contributed by atoms with E-state index in [1.54, 1.807) is 5.57 Å². The van der Waals surface area contributed by atoms with Gasteiger partial charge in [0.05, 0.1) is 12.2 Å². The van der Waals surface area contributed by atoms with Crippen LogP contribution in [0.15, 0.2) is 11.1 Å². The quantitative estimate of drug-likeness (QED) is 0.373. The highest BCUT2D eigenvalue weighted by molar-refractivity contribution is 5.38. The number of hydrogen-bond donors (Lipinski definition) is 3. The molecule has 4 aliphatic carbocycles. The van der Waals surface area contributed by atoms with Crippen molar-refractivity contribution in [3.8, 4) is 0 Å². The second-order valence-corrected chi connectivity index (χ2v) is 13.8. The standard InChI is InChI=1S/C30H52O3/c1-20(8-7-9-21(32)15-19-31)22-12-17-30(6)24-10-11-25-27(2,3)26(33)14-16-28(25,4)23(24)13-18-29(22,30)5/h20-22,25-26,31-33H,7-19H2,1-6H3/t20-,21?,22-,25+,26+,28-,29-,30+/m1/s1. The highest BCUT2D eigenvalue weighted by atomic mass is 16.3. The Morgan fingerprint density at radius 2 is 1.61 bits per heavy atom. The zero-order valence-corrected chi connectivity index (χ0v) is 22.4. The fourth-order valence-electron chi connectivity index (χ4n) is 9.80. The zero-order valence-electron chi connectivity index (χ0n) is 22.4. The molecule has 3 nitrogen and oxygen atoms in total. The molecule has 2 saturated carbocycles. The molecular formula is C30H52O3. The van der Waals surface area contributed by atoms with Gasteiger partial charge in [-0.1, -0.05) is 65.5 Å². The van der Waals surface area contributed by atoms with Crippen LogP contribution in [0.25, 0.3) is 0 Å². The van der Waals surface area contributed by atoms with Crippen molar-refractivity contribution < 1.29 is 15.3 Å². The molecule has 0 amide bonds.